The first-order chi connectivity index (χ1) is 9.09. The lowest BCUT2D eigenvalue weighted by atomic mass is 9.89. The second-order valence-electron chi connectivity index (χ2n) is 6.20. The van der Waals surface area contributed by atoms with Gasteiger partial charge in [0.2, 0.25) is 0 Å². The van der Waals surface area contributed by atoms with Gasteiger partial charge in [0.1, 0.15) is 5.54 Å². The van der Waals surface area contributed by atoms with Crippen molar-refractivity contribution < 1.29 is 4.74 Å². The molecular formula is C16H30N2O. The van der Waals surface area contributed by atoms with Gasteiger partial charge in [-0.1, -0.05) is 26.7 Å². The molecule has 0 aromatic carbocycles. The summed E-state index contributed by atoms with van der Waals surface area (Å²) < 4.78 is 5.96. The van der Waals surface area contributed by atoms with E-state index >= 15 is 0 Å². The molecule has 3 heteroatoms. The van der Waals surface area contributed by atoms with Gasteiger partial charge in [0.05, 0.1) is 12.2 Å². The topological polar surface area (TPSA) is 45.0 Å². The van der Waals surface area contributed by atoms with E-state index in [0.717, 1.165) is 38.3 Å². The van der Waals surface area contributed by atoms with Gasteiger partial charge in [0.25, 0.3) is 0 Å². The number of unbranched alkanes of at least 4 members (excludes halogenated alkanes) is 1. The smallest absolute Gasteiger partial charge is 0.103 e. The first kappa shape index (κ1) is 16.5. The fourth-order valence-electron chi connectivity index (χ4n) is 2.93. The van der Waals surface area contributed by atoms with E-state index in [0.29, 0.717) is 6.10 Å². The highest BCUT2D eigenvalue weighted by atomic mass is 16.5. The van der Waals surface area contributed by atoms with Crippen LogP contribution in [0.1, 0.15) is 65.7 Å². The third-order valence-electron chi connectivity index (χ3n) is 4.13. The van der Waals surface area contributed by atoms with Crippen LogP contribution in [0.3, 0.4) is 0 Å². The van der Waals surface area contributed by atoms with E-state index in [1.165, 1.54) is 25.7 Å². The molecule has 0 spiro atoms. The molecule has 19 heavy (non-hydrogen) atoms. The average molecular weight is 266 g/mol. The fourth-order valence-corrected chi connectivity index (χ4v) is 2.93. The van der Waals surface area contributed by atoms with Gasteiger partial charge < -0.3 is 4.74 Å². The van der Waals surface area contributed by atoms with Crippen LogP contribution in [0, 0.1) is 17.2 Å². The first-order valence-electron chi connectivity index (χ1n) is 7.87. The van der Waals surface area contributed by atoms with Crippen LogP contribution in [0.25, 0.3) is 0 Å². The maximum atomic E-state index is 9.16. The molecule has 1 fully saturated rings. The predicted molar refractivity (Wildman–Crippen MR) is 78.9 cm³/mol. The lowest BCUT2D eigenvalue weighted by Gasteiger charge is -2.27. The first-order valence-corrected chi connectivity index (χ1v) is 7.87. The molecule has 0 aromatic heterocycles. The number of nitrogens with one attached hydrogen (secondary N) is 1. The number of nitrogens with zero attached hydrogens (tertiary/aromatic N) is 1. The van der Waals surface area contributed by atoms with Gasteiger partial charge in [-0.15, -0.1) is 0 Å². The van der Waals surface area contributed by atoms with Crippen molar-refractivity contribution in [1.29, 1.82) is 5.26 Å². The normalized spacial score (nSPS) is 26.6. The Hall–Kier alpha value is -0.590. The average Bonchev–Trinajstić information content (AvgIpc) is 2.39. The Labute approximate surface area is 118 Å². The van der Waals surface area contributed by atoms with Crippen molar-refractivity contribution in [3.8, 4) is 6.07 Å². The molecule has 3 nitrogen and oxygen atoms in total. The third kappa shape index (κ3) is 6.40. The number of hydrogen-bond acceptors (Lipinski definition) is 3. The number of nitriles is 1. The molecule has 0 bridgehead atoms. The summed E-state index contributed by atoms with van der Waals surface area (Å²) in [6.07, 6.45) is 8.65. The van der Waals surface area contributed by atoms with Crippen molar-refractivity contribution >= 4 is 0 Å². The Bertz CT molecular complexity index is 287. The van der Waals surface area contributed by atoms with E-state index in [1.54, 1.807) is 0 Å². The standard InChI is InChI=1S/C16H30N2O/c1-4-18-16(3,13-17)10-5-6-11-19-15-9-7-8-14(2)12-15/h14-15,18H,4-12H2,1-3H3. The fraction of sp³-hybridized carbons (Fsp3) is 0.938. The van der Waals surface area contributed by atoms with E-state index in [4.69, 9.17) is 10.00 Å². The Kier molecular flexibility index (Phi) is 7.41. The van der Waals surface area contributed by atoms with Gasteiger partial charge in [-0.3, -0.25) is 5.32 Å². The van der Waals surface area contributed by atoms with Crippen molar-refractivity contribution in [3.05, 3.63) is 0 Å². The number of ether oxygens (including phenoxy) is 1. The summed E-state index contributed by atoms with van der Waals surface area (Å²) in [5.41, 5.74) is -0.367. The van der Waals surface area contributed by atoms with Crippen LogP contribution in [-0.4, -0.2) is 24.8 Å². The molecule has 0 aliphatic heterocycles. The highest BCUT2D eigenvalue weighted by Crippen LogP contribution is 2.25. The molecule has 0 heterocycles. The van der Waals surface area contributed by atoms with Gasteiger partial charge in [-0.05, 0) is 51.5 Å². The predicted octanol–water partition coefficient (Wildman–Crippen LogP) is 3.64. The highest BCUT2D eigenvalue weighted by molar-refractivity contribution is 5.03. The minimum Gasteiger partial charge on any atom is -0.378 e. The van der Waals surface area contributed by atoms with Crippen molar-refractivity contribution in [3.63, 3.8) is 0 Å². The molecule has 0 radical (unpaired) electrons. The molecule has 0 aromatic rings. The molecule has 1 saturated carbocycles. The van der Waals surface area contributed by atoms with Crippen molar-refractivity contribution in [2.75, 3.05) is 13.2 Å². The van der Waals surface area contributed by atoms with E-state index in [2.05, 4.69) is 18.3 Å². The molecule has 1 N–H and O–H groups in total. The Morgan fingerprint density at radius 3 is 2.79 bits per heavy atom. The molecule has 1 aliphatic rings. The summed E-state index contributed by atoms with van der Waals surface area (Å²) in [6.45, 7) is 8.05. The second kappa shape index (κ2) is 8.55. The summed E-state index contributed by atoms with van der Waals surface area (Å²) in [4.78, 5) is 0. The van der Waals surface area contributed by atoms with Crippen molar-refractivity contribution in [2.45, 2.75) is 77.4 Å². The van der Waals surface area contributed by atoms with Crippen LogP contribution < -0.4 is 5.32 Å². The largest absolute Gasteiger partial charge is 0.378 e. The quantitative estimate of drug-likeness (QED) is 0.682. The summed E-state index contributed by atoms with van der Waals surface area (Å²) in [5.74, 6) is 0.828. The van der Waals surface area contributed by atoms with Gasteiger partial charge >= 0.3 is 0 Å². The van der Waals surface area contributed by atoms with Crippen LogP contribution in [-0.2, 0) is 4.74 Å². The molecule has 1 rings (SSSR count). The SMILES string of the molecule is CCNC(C)(C#N)CCCCOC1CCCC(C)C1. The van der Waals surface area contributed by atoms with Crippen molar-refractivity contribution in [2.24, 2.45) is 5.92 Å². The van der Waals surface area contributed by atoms with Crippen LogP contribution in [0.5, 0.6) is 0 Å². The summed E-state index contributed by atoms with van der Waals surface area (Å²) >= 11 is 0. The minimum atomic E-state index is -0.367. The van der Waals surface area contributed by atoms with Gasteiger partial charge in [0.15, 0.2) is 0 Å². The zero-order chi connectivity index (χ0) is 14.1. The molecule has 1 aliphatic carbocycles. The van der Waals surface area contributed by atoms with E-state index in [9.17, 15) is 0 Å². The maximum absolute atomic E-state index is 9.16. The zero-order valence-corrected chi connectivity index (χ0v) is 12.9. The molecule has 110 valence electrons. The highest BCUT2D eigenvalue weighted by Gasteiger charge is 2.22. The maximum Gasteiger partial charge on any atom is 0.103 e. The molecule has 3 atom stereocenters. The molecule has 0 amide bonds. The van der Waals surface area contributed by atoms with E-state index in [-0.39, 0.29) is 5.54 Å². The van der Waals surface area contributed by atoms with Crippen LogP contribution in [0.2, 0.25) is 0 Å². The summed E-state index contributed by atoms with van der Waals surface area (Å²) in [6, 6.07) is 2.37. The molecule has 3 unspecified atom stereocenters. The lowest BCUT2D eigenvalue weighted by Crippen LogP contribution is -2.40. The van der Waals surface area contributed by atoms with E-state index in [1.807, 2.05) is 13.8 Å². The van der Waals surface area contributed by atoms with Crippen LogP contribution in [0.4, 0.5) is 0 Å². The Morgan fingerprint density at radius 2 is 2.16 bits per heavy atom. The molecular weight excluding hydrogens is 236 g/mol. The molecule has 0 saturated heterocycles. The van der Waals surface area contributed by atoms with Gasteiger partial charge in [0, 0.05) is 6.61 Å². The van der Waals surface area contributed by atoms with Crippen molar-refractivity contribution in [1.82, 2.24) is 5.32 Å². The third-order valence-corrected chi connectivity index (χ3v) is 4.13. The van der Waals surface area contributed by atoms with Crippen LogP contribution >= 0.6 is 0 Å². The van der Waals surface area contributed by atoms with Crippen LogP contribution in [0.15, 0.2) is 0 Å². The zero-order valence-electron chi connectivity index (χ0n) is 12.9. The van der Waals surface area contributed by atoms with Gasteiger partial charge in [-0.2, -0.15) is 5.26 Å². The van der Waals surface area contributed by atoms with Gasteiger partial charge in [-0.25, -0.2) is 0 Å². The number of hydrogen-bond donors (Lipinski definition) is 1. The lowest BCUT2D eigenvalue weighted by molar-refractivity contribution is 0.0134. The second-order valence-corrected chi connectivity index (χ2v) is 6.20. The monoisotopic (exact) mass is 266 g/mol. The van der Waals surface area contributed by atoms with E-state index < -0.39 is 0 Å². The Morgan fingerprint density at radius 1 is 1.37 bits per heavy atom. The minimum absolute atomic E-state index is 0.367. The summed E-state index contributed by atoms with van der Waals surface area (Å²) in [7, 11) is 0. The summed E-state index contributed by atoms with van der Waals surface area (Å²) in [5, 5.41) is 12.4. The number of rotatable bonds is 8. The Balaban J connectivity index is 2.09.